The second kappa shape index (κ2) is 6.26. The molecule has 0 bridgehead atoms. The zero-order valence-corrected chi connectivity index (χ0v) is 10.5. The largest absolute Gasteiger partial charge is 0.477 e. The number of carboxylic acid groups (broad SMARTS) is 1. The van der Waals surface area contributed by atoms with E-state index >= 15 is 0 Å². The molecule has 2 unspecified atom stereocenters. The van der Waals surface area contributed by atoms with Crippen LogP contribution in [0.15, 0.2) is 12.3 Å². The number of hydrogen-bond donors (Lipinski definition) is 3. The predicted octanol–water partition coefficient (Wildman–Crippen LogP) is 0.0456. The maximum atomic E-state index is 11.3. The van der Waals surface area contributed by atoms with Crippen molar-refractivity contribution in [3.8, 4) is 0 Å². The Labute approximate surface area is 109 Å². The average molecular weight is 269 g/mol. The van der Waals surface area contributed by atoms with Gasteiger partial charge in [0.05, 0.1) is 6.61 Å². The van der Waals surface area contributed by atoms with Gasteiger partial charge in [-0.25, -0.2) is 14.6 Å². The standard InChI is InChI=1S/C12H15NO6/c1-3-19-12(18)10(15)9(14)7-4-6(2)8(11(16)17)13-5-7/h4-5,9-10,14-15H,3H2,1-2H3,(H,16,17). The summed E-state index contributed by atoms with van der Waals surface area (Å²) in [5, 5.41) is 28.2. The summed E-state index contributed by atoms with van der Waals surface area (Å²) < 4.78 is 4.58. The Balaban J connectivity index is 2.94. The highest BCUT2D eigenvalue weighted by molar-refractivity contribution is 5.87. The van der Waals surface area contributed by atoms with Crippen molar-refractivity contribution in [1.29, 1.82) is 0 Å². The third-order valence-corrected chi connectivity index (χ3v) is 2.47. The van der Waals surface area contributed by atoms with Gasteiger partial charge >= 0.3 is 11.9 Å². The molecule has 0 aliphatic rings. The van der Waals surface area contributed by atoms with Gasteiger partial charge in [0.25, 0.3) is 0 Å². The molecule has 1 rings (SSSR count). The van der Waals surface area contributed by atoms with Gasteiger partial charge in [-0.2, -0.15) is 0 Å². The number of carboxylic acids is 1. The van der Waals surface area contributed by atoms with Crippen molar-refractivity contribution in [3.05, 3.63) is 29.1 Å². The highest BCUT2D eigenvalue weighted by Gasteiger charge is 2.27. The Bertz CT molecular complexity index is 487. The van der Waals surface area contributed by atoms with Crippen LogP contribution in [0.4, 0.5) is 0 Å². The van der Waals surface area contributed by atoms with Gasteiger partial charge in [0.1, 0.15) is 6.10 Å². The van der Waals surface area contributed by atoms with Crippen molar-refractivity contribution in [1.82, 2.24) is 4.98 Å². The van der Waals surface area contributed by atoms with E-state index in [2.05, 4.69) is 9.72 Å². The Kier molecular flexibility index (Phi) is 4.96. The molecule has 1 heterocycles. The molecule has 0 saturated carbocycles. The number of nitrogens with zero attached hydrogens (tertiary/aromatic N) is 1. The molecule has 0 aliphatic heterocycles. The first kappa shape index (κ1) is 15.1. The number of rotatable bonds is 5. The van der Waals surface area contributed by atoms with Crippen LogP contribution in [0.25, 0.3) is 0 Å². The van der Waals surface area contributed by atoms with E-state index in [-0.39, 0.29) is 17.9 Å². The van der Waals surface area contributed by atoms with E-state index in [4.69, 9.17) is 5.11 Å². The van der Waals surface area contributed by atoms with Crippen LogP contribution in [-0.4, -0.2) is 45.0 Å². The number of hydrogen-bond acceptors (Lipinski definition) is 6. The van der Waals surface area contributed by atoms with Gasteiger partial charge in [0.2, 0.25) is 0 Å². The van der Waals surface area contributed by atoms with E-state index in [1.807, 2.05) is 0 Å². The number of aromatic carboxylic acids is 1. The zero-order chi connectivity index (χ0) is 14.6. The minimum Gasteiger partial charge on any atom is -0.477 e. The number of aliphatic hydroxyl groups excluding tert-OH is 2. The molecule has 1 aromatic heterocycles. The highest BCUT2D eigenvalue weighted by Crippen LogP contribution is 2.19. The monoisotopic (exact) mass is 269 g/mol. The van der Waals surface area contributed by atoms with Crippen molar-refractivity contribution < 1.29 is 29.6 Å². The lowest BCUT2D eigenvalue weighted by atomic mass is 10.0. The minimum absolute atomic E-state index is 0.0812. The molecule has 7 heteroatoms. The van der Waals surface area contributed by atoms with E-state index in [9.17, 15) is 19.8 Å². The summed E-state index contributed by atoms with van der Waals surface area (Å²) in [6.07, 6.45) is -2.16. The van der Waals surface area contributed by atoms with Gasteiger partial charge in [-0.3, -0.25) is 0 Å². The quantitative estimate of drug-likeness (QED) is 0.646. The maximum Gasteiger partial charge on any atom is 0.354 e. The Morgan fingerprint density at radius 2 is 2.05 bits per heavy atom. The van der Waals surface area contributed by atoms with Gasteiger partial charge in [-0.15, -0.1) is 0 Å². The van der Waals surface area contributed by atoms with E-state index in [1.54, 1.807) is 6.92 Å². The molecule has 104 valence electrons. The summed E-state index contributed by atoms with van der Waals surface area (Å²) in [6, 6.07) is 1.35. The van der Waals surface area contributed by atoms with E-state index in [0.29, 0.717) is 5.56 Å². The Morgan fingerprint density at radius 3 is 2.53 bits per heavy atom. The fourth-order valence-electron chi connectivity index (χ4n) is 1.52. The fraction of sp³-hybridized carbons (Fsp3) is 0.417. The van der Waals surface area contributed by atoms with E-state index in [0.717, 1.165) is 6.20 Å². The molecule has 1 aromatic rings. The van der Waals surface area contributed by atoms with Gasteiger partial charge in [-0.1, -0.05) is 0 Å². The summed E-state index contributed by atoms with van der Waals surface area (Å²) >= 11 is 0. The van der Waals surface area contributed by atoms with Crippen LogP contribution < -0.4 is 0 Å². The normalized spacial score (nSPS) is 13.7. The van der Waals surface area contributed by atoms with Gasteiger partial charge < -0.3 is 20.1 Å². The summed E-state index contributed by atoms with van der Waals surface area (Å²) in [5.41, 5.74) is 0.310. The number of carbonyl (C=O) groups excluding carboxylic acids is 1. The fourth-order valence-corrected chi connectivity index (χ4v) is 1.52. The summed E-state index contributed by atoms with van der Waals surface area (Å²) in [4.78, 5) is 25.7. The van der Waals surface area contributed by atoms with Crippen molar-refractivity contribution in [3.63, 3.8) is 0 Å². The molecule has 2 atom stereocenters. The van der Waals surface area contributed by atoms with Crippen LogP contribution in [-0.2, 0) is 9.53 Å². The second-order valence-corrected chi connectivity index (χ2v) is 3.88. The maximum absolute atomic E-state index is 11.3. The molecule has 19 heavy (non-hydrogen) atoms. The molecule has 3 N–H and O–H groups in total. The summed E-state index contributed by atoms with van der Waals surface area (Å²) in [5.74, 6) is -2.14. The first-order valence-electron chi connectivity index (χ1n) is 5.61. The van der Waals surface area contributed by atoms with E-state index < -0.39 is 24.1 Å². The van der Waals surface area contributed by atoms with E-state index in [1.165, 1.54) is 13.0 Å². The average Bonchev–Trinajstić information content (AvgIpc) is 2.36. The third kappa shape index (κ3) is 3.49. The zero-order valence-electron chi connectivity index (χ0n) is 10.5. The van der Waals surface area contributed by atoms with Gasteiger partial charge in [-0.05, 0) is 25.5 Å². The van der Waals surface area contributed by atoms with Gasteiger partial charge in [0.15, 0.2) is 11.8 Å². The first-order chi connectivity index (χ1) is 8.88. The molecular weight excluding hydrogens is 254 g/mol. The number of pyridine rings is 1. The van der Waals surface area contributed by atoms with Crippen molar-refractivity contribution >= 4 is 11.9 Å². The van der Waals surface area contributed by atoms with Crippen molar-refractivity contribution in [2.45, 2.75) is 26.1 Å². The van der Waals surface area contributed by atoms with Crippen LogP contribution >= 0.6 is 0 Å². The Hall–Kier alpha value is -1.99. The number of esters is 1. The SMILES string of the molecule is CCOC(=O)C(O)C(O)c1cnc(C(=O)O)c(C)c1. The molecule has 0 aliphatic carbocycles. The topological polar surface area (TPSA) is 117 Å². The molecule has 0 fully saturated rings. The van der Waals surface area contributed by atoms with Crippen LogP contribution in [0.2, 0.25) is 0 Å². The molecule has 0 radical (unpaired) electrons. The molecule has 0 aromatic carbocycles. The number of aromatic nitrogens is 1. The molecular formula is C12H15NO6. The van der Waals surface area contributed by atoms with Crippen LogP contribution in [0.1, 0.15) is 34.6 Å². The Morgan fingerprint density at radius 1 is 1.42 bits per heavy atom. The lowest BCUT2D eigenvalue weighted by Gasteiger charge is -2.17. The van der Waals surface area contributed by atoms with Crippen LogP contribution in [0, 0.1) is 6.92 Å². The lowest BCUT2D eigenvalue weighted by molar-refractivity contribution is -0.159. The number of carbonyl (C=O) groups is 2. The summed E-state index contributed by atoms with van der Waals surface area (Å²) in [7, 11) is 0. The minimum atomic E-state index is -1.74. The number of aliphatic hydroxyl groups is 2. The smallest absolute Gasteiger partial charge is 0.354 e. The summed E-state index contributed by atoms with van der Waals surface area (Å²) in [6.45, 7) is 3.16. The first-order valence-corrected chi connectivity index (χ1v) is 5.61. The lowest BCUT2D eigenvalue weighted by Crippen LogP contribution is -2.30. The van der Waals surface area contributed by atoms with Crippen LogP contribution in [0.3, 0.4) is 0 Å². The predicted molar refractivity (Wildman–Crippen MR) is 63.5 cm³/mol. The molecule has 0 saturated heterocycles. The molecule has 0 amide bonds. The third-order valence-electron chi connectivity index (χ3n) is 2.47. The molecule has 7 nitrogen and oxygen atoms in total. The number of ether oxygens (including phenoxy) is 1. The van der Waals surface area contributed by atoms with Crippen molar-refractivity contribution in [2.75, 3.05) is 6.61 Å². The molecule has 0 spiro atoms. The van der Waals surface area contributed by atoms with Crippen LogP contribution in [0.5, 0.6) is 0 Å². The van der Waals surface area contributed by atoms with Gasteiger partial charge in [0, 0.05) is 11.8 Å². The highest BCUT2D eigenvalue weighted by atomic mass is 16.5. The second-order valence-electron chi connectivity index (χ2n) is 3.88. The van der Waals surface area contributed by atoms with Crippen molar-refractivity contribution in [2.24, 2.45) is 0 Å². The number of aryl methyl sites for hydroxylation is 1.